The van der Waals surface area contributed by atoms with E-state index in [-0.39, 0.29) is 13.3 Å². The summed E-state index contributed by atoms with van der Waals surface area (Å²) in [5, 5.41) is 7.73. The summed E-state index contributed by atoms with van der Waals surface area (Å²) in [5.41, 5.74) is 6.84. The number of fused-ring (bicyclic) bond motifs is 1. The molecule has 2 aromatic rings. The lowest BCUT2D eigenvalue weighted by Crippen LogP contribution is -2.18. The highest BCUT2D eigenvalue weighted by Gasteiger charge is 2.18. The van der Waals surface area contributed by atoms with Crippen molar-refractivity contribution in [2.24, 2.45) is 5.73 Å². The van der Waals surface area contributed by atoms with Gasteiger partial charge in [0.1, 0.15) is 6.54 Å². The highest BCUT2D eigenvalue weighted by Crippen LogP contribution is 2.39. The van der Waals surface area contributed by atoms with Gasteiger partial charge in [0.25, 0.3) is 0 Å². The maximum absolute atomic E-state index is 10.8. The second-order valence-corrected chi connectivity index (χ2v) is 4.97. The van der Waals surface area contributed by atoms with Crippen molar-refractivity contribution < 1.29 is 14.3 Å². The fourth-order valence-corrected chi connectivity index (χ4v) is 2.32. The van der Waals surface area contributed by atoms with Gasteiger partial charge in [0, 0.05) is 12.7 Å². The van der Waals surface area contributed by atoms with E-state index < -0.39 is 5.91 Å². The number of halogens is 1. The van der Waals surface area contributed by atoms with E-state index in [1.165, 1.54) is 4.68 Å². The zero-order chi connectivity index (χ0) is 14.8. The molecular formula is C13H13ClN4O3. The Kier molecular flexibility index (Phi) is 3.57. The van der Waals surface area contributed by atoms with Gasteiger partial charge in [-0.3, -0.25) is 9.48 Å². The molecule has 110 valence electrons. The third-order valence-corrected chi connectivity index (χ3v) is 3.22. The number of rotatable bonds is 5. The first kappa shape index (κ1) is 13.6. The predicted molar refractivity (Wildman–Crippen MR) is 76.3 cm³/mol. The molecule has 8 heteroatoms. The molecule has 0 bridgehead atoms. The van der Waals surface area contributed by atoms with Gasteiger partial charge in [-0.1, -0.05) is 11.6 Å². The summed E-state index contributed by atoms with van der Waals surface area (Å²) in [4.78, 5) is 10.8. The highest BCUT2D eigenvalue weighted by molar-refractivity contribution is 6.32. The molecule has 7 nitrogen and oxygen atoms in total. The molecule has 0 aliphatic carbocycles. The summed E-state index contributed by atoms with van der Waals surface area (Å²) < 4.78 is 12.0. The van der Waals surface area contributed by atoms with Crippen LogP contribution in [0.2, 0.25) is 5.02 Å². The number of anilines is 1. The quantitative estimate of drug-likeness (QED) is 0.870. The number of carbonyl (C=O) groups is 1. The van der Waals surface area contributed by atoms with Crippen molar-refractivity contribution in [2.45, 2.75) is 13.1 Å². The fourth-order valence-electron chi connectivity index (χ4n) is 2.03. The van der Waals surface area contributed by atoms with Crippen LogP contribution in [0.4, 0.5) is 5.69 Å². The van der Waals surface area contributed by atoms with Gasteiger partial charge in [-0.2, -0.15) is 5.10 Å². The lowest BCUT2D eigenvalue weighted by Gasteiger charge is -2.06. The van der Waals surface area contributed by atoms with Crippen molar-refractivity contribution in [2.75, 3.05) is 12.1 Å². The lowest BCUT2D eigenvalue weighted by atomic mass is 10.2. The van der Waals surface area contributed by atoms with Crippen LogP contribution in [-0.2, 0) is 17.9 Å². The summed E-state index contributed by atoms with van der Waals surface area (Å²) in [6.07, 6.45) is 3.33. The van der Waals surface area contributed by atoms with Gasteiger partial charge in [0.05, 0.1) is 16.9 Å². The zero-order valence-corrected chi connectivity index (χ0v) is 11.8. The third-order valence-electron chi connectivity index (χ3n) is 2.93. The van der Waals surface area contributed by atoms with Gasteiger partial charge in [-0.25, -0.2) is 0 Å². The number of hydrogen-bond donors (Lipinski definition) is 2. The van der Waals surface area contributed by atoms with E-state index in [2.05, 4.69) is 10.4 Å². The predicted octanol–water partition coefficient (Wildman–Crippen LogP) is 1.36. The van der Waals surface area contributed by atoms with Crippen molar-refractivity contribution in [1.82, 2.24) is 9.78 Å². The second-order valence-electron chi connectivity index (χ2n) is 4.56. The molecule has 21 heavy (non-hydrogen) atoms. The maximum atomic E-state index is 10.8. The topological polar surface area (TPSA) is 91.4 Å². The number of nitrogens with two attached hydrogens (primary N) is 1. The largest absolute Gasteiger partial charge is 0.454 e. The van der Waals surface area contributed by atoms with Crippen LogP contribution in [0.25, 0.3) is 0 Å². The van der Waals surface area contributed by atoms with Crippen molar-refractivity contribution >= 4 is 23.2 Å². The average Bonchev–Trinajstić information content (AvgIpc) is 3.04. The van der Waals surface area contributed by atoms with E-state index in [0.717, 1.165) is 11.3 Å². The van der Waals surface area contributed by atoms with E-state index in [4.69, 9.17) is 26.8 Å². The molecule has 0 saturated carbocycles. The molecule has 0 unspecified atom stereocenters. The summed E-state index contributed by atoms with van der Waals surface area (Å²) in [5.74, 6) is 0.783. The smallest absolute Gasteiger partial charge is 0.239 e. The van der Waals surface area contributed by atoms with Crippen LogP contribution in [0.5, 0.6) is 11.5 Å². The van der Waals surface area contributed by atoms with Crippen LogP contribution >= 0.6 is 11.6 Å². The molecule has 0 spiro atoms. The standard InChI is InChI=1S/C13H13ClN4O3/c14-10-1-8(2-11-13(10)21-7-20-11)3-16-9-4-17-18(5-9)6-12(15)19/h1-2,4-5,16H,3,6-7H2,(H2,15,19). The molecule has 1 aromatic carbocycles. The first-order valence-electron chi connectivity index (χ1n) is 6.24. The van der Waals surface area contributed by atoms with Crippen LogP contribution < -0.4 is 20.5 Å². The number of carbonyl (C=O) groups excluding carboxylic acids is 1. The lowest BCUT2D eigenvalue weighted by molar-refractivity contribution is -0.118. The fraction of sp³-hybridized carbons (Fsp3) is 0.231. The Labute approximate surface area is 125 Å². The SMILES string of the molecule is NC(=O)Cn1cc(NCc2cc(Cl)c3c(c2)OCO3)cn1. The summed E-state index contributed by atoms with van der Waals surface area (Å²) in [7, 11) is 0. The molecule has 0 atom stereocenters. The van der Waals surface area contributed by atoms with Gasteiger partial charge >= 0.3 is 0 Å². The van der Waals surface area contributed by atoms with Crippen LogP contribution in [-0.4, -0.2) is 22.5 Å². The van der Waals surface area contributed by atoms with E-state index in [9.17, 15) is 4.79 Å². The number of hydrogen-bond acceptors (Lipinski definition) is 5. The molecule has 1 amide bonds. The van der Waals surface area contributed by atoms with Crippen molar-refractivity contribution in [3.05, 3.63) is 35.1 Å². The van der Waals surface area contributed by atoms with Gasteiger partial charge < -0.3 is 20.5 Å². The van der Waals surface area contributed by atoms with Crippen LogP contribution in [0, 0.1) is 0 Å². The van der Waals surface area contributed by atoms with Crippen LogP contribution in [0.1, 0.15) is 5.56 Å². The minimum absolute atomic E-state index is 0.0531. The monoisotopic (exact) mass is 308 g/mol. The molecule has 3 rings (SSSR count). The van der Waals surface area contributed by atoms with Crippen molar-refractivity contribution in [1.29, 1.82) is 0 Å². The minimum Gasteiger partial charge on any atom is -0.454 e. The van der Waals surface area contributed by atoms with Gasteiger partial charge in [-0.05, 0) is 17.7 Å². The number of aromatic nitrogens is 2. The second kappa shape index (κ2) is 5.53. The Balaban J connectivity index is 1.66. The molecule has 1 aliphatic heterocycles. The number of ether oxygens (including phenoxy) is 2. The first-order chi connectivity index (χ1) is 10.1. The van der Waals surface area contributed by atoms with Crippen molar-refractivity contribution in [3.8, 4) is 11.5 Å². The molecule has 0 fully saturated rings. The molecule has 0 radical (unpaired) electrons. The molecule has 1 aliphatic rings. The minimum atomic E-state index is -0.438. The van der Waals surface area contributed by atoms with Crippen LogP contribution in [0.15, 0.2) is 24.5 Å². The Morgan fingerprint density at radius 1 is 1.48 bits per heavy atom. The van der Waals surface area contributed by atoms with Gasteiger partial charge in [0.15, 0.2) is 11.5 Å². The van der Waals surface area contributed by atoms with Gasteiger partial charge in [-0.15, -0.1) is 0 Å². The molecule has 2 heterocycles. The number of nitrogens with zero attached hydrogens (tertiary/aromatic N) is 2. The molecule has 0 saturated heterocycles. The Morgan fingerprint density at radius 3 is 3.14 bits per heavy atom. The molecule has 1 aromatic heterocycles. The average molecular weight is 309 g/mol. The molecule has 3 N–H and O–H groups in total. The first-order valence-corrected chi connectivity index (χ1v) is 6.62. The van der Waals surface area contributed by atoms with Gasteiger partial charge in [0.2, 0.25) is 12.7 Å². The number of benzene rings is 1. The van der Waals surface area contributed by atoms with E-state index in [0.29, 0.717) is 23.1 Å². The number of amides is 1. The Hall–Kier alpha value is -2.41. The maximum Gasteiger partial charge on any atom is 0.239 e. The summed E-state index contributed by atoms with van der Waals surface area (Å²) in [6, 6.07) is 3.69. The summed E-state index contributed by atoms with van der Waals surface area (Å²) in [6.45, 7) is 0.780. The summed E-state index contributed by atoms with van der Waals surface area (Å²) >= 11 is 6.12. The van der Waals surface area contributed by atoms with E-state index >= 15 is 0 Å². The van der Waals surface area contributed by atoms with E-state index in [1.807, 2.05) is 12.1 Å². The Bertz CT molecular complexity index is 686. The number of primary amides is 1. The van der Waals surface area contributed by atoms with Crippen molar-refractivity contribution in [3.63, 3.8) is 0 Å². The zero-order valence-electron chi connectivity index (χ0n) is 11.0. The molecular weight excluding hydrogens is 296 g/mol. The normalized spacial score (nSPS) is 12.4. The van der Waals surface area contributed by atoms with E-state index in [1.54, 1.807) is 12.4 Å². The highest BCUT2D eigenvalue weighted by atomic mass is 35.5. The van der Waals surface area contributed by atoms with Crippen LogP contribution in [0.3, 0.4) is 0 Å². The number of nitrogens with one attached hydrogen (secondary N) is 1. The Morgan fingerprint density at radius 2 is 2.33 bits per heavy atom. The third kappa shape index (κ3) is 3.03.